The normalized spacial score (nSPS) is 16.3. The lowest BCUT2D eigenvalue weighted by Crippen LogP contribution is -2.26. The third-order valence-corrected chi connectivity index (χ3v) is 4.57. The van der Waals surface area contributed by atoms with Crippen LogP contribution < -0.4 is 5.32 Å². The van der Waals surface area contributed by atoms with Crippen molar-refractivity contribution >= 4 is 21.8 Å². The van der Waals surface area contributed by atoms with Crippen LogP contribution in [-0.2, 0) is 0 Å². The topological polar surface area (TPSA) is 29.1 Å². The van der Waals surface area contributed by atoms with Gasteiger partial charge in [-0.2, -0.15) is 0 Å². The van der Waals surface area contributed by atoms with E-state index in [1.54, 1.807) is 12.1 Å². The van der Waals surface area contributed by atoms with Gasteiger partial charge in [0.15, 0.2) is 0 Å². The van der Waals surface area contributed by atoms with Gasteiger partial charge in [0, 0.05) is 6.54 Å². The molecule has 0 unspecified atom stereocenters. The Morgan fingerprint density at radius 1 is 1.32 bits per heavy atom. The van der Waals surface area contributed by atoms with E-state index in [4.69, 9.17) is 0 Å². The first kappa shape index (κ1) is 14.5. The number of rotatable bonds is 4. The van der Waals surface area contributed by atoms with E-state index in [1.165, 1.54) is 38.2 Å². The zero-order chi connectivity index (χ0) is 13.7. The molecule has 104 valence electrons. The molecule has 2 rings (SSSR count). The van der Waals surface area contributed by atoms with Crippen molar-refractivity contribution in [3.63, 3.8) is 0 Å². The second kappa shape index (κ2) is 7.04. The maximum Gasteiger partial charge on any atom is 0.252 e. The summed E-state index contributed by atoms with van der Waals surface area (Å²) in [6, 6.07) is 4.52. The van der Waals surface area contributed by atoms with Crippen molar-refractivity contribution in [2.45, 2.75) is 38.5 Å². The van der Waals surface area contributed by atoms with Gasteiger partial charge in [-0.1, -0.05) is 38.2 Å². The SMILES string of the molecule is O=C(NCCC1CCCCC1)c1cccc(F)c1Br. The van der Waals surface area contributed by atoms with Crippen LogP contribution in [0.3, 0.4) is 0 Å². The zero-order valence-corrected chi connectivity index (χ0v) is 12.5. The Hall–Kier alpha value is -0.900. The summed E-state index contributed by atoms with van der Waals surface area (Å²) >= 11 is 3.11. The first-order valence-corrected chi connectivity index (χ1v) is 7.70. The van der Waals surface area contributed by atoms with Gasteiger partial charge < -0.3 is 5.32 Å². The number of benzene rings is 1. The lowest BCUT2D eigenvalue weighted by molar-refractivity contribution is 0.0949. The molecule has 1 aliphatic carbocycles. The first-order chi connectivity index (χ1) is 9.18. The zero-order valence-electron chi connectivity index (χ0n) is 10.9. The Bertz CT molecular complexity index is 444. The smallest absolute Gasteiger partial charge is 0.252 e. The Morgan fingerprint density at radius 3 is 2.79 bits per heavy atom. The number of hydrogen-bond donors (Lipinski definition) is 1. The highest BCUT2D eigenvalue weighted by Crippen LogP contribution is 2.26. The van der Waals surface area contributed by atoms with Gasteiger partial charge in [-0.25, -0.2) is 4.39 Å². The van der Waals surface area contributed by atoms with Gasteiger partial charge in [0.25, 0.3) is 5.91 Å². The van der Waals surface area contributed by atoms with E-state index in [2.05, 4.69) is 21.2 Å². The summed E-state index contributed by atoms with van der Waals surface area (Å²) in [5, 5.41) is 2.88. The second-order valence-electron chi connectivity index (χ2n) is 5.15. The van der Waals surface area contributed by atoms with Gasteiger partial charge in [0.05, 0.1) is 10.0 Å². The molecule has 1 saturated carbocycles. The molecule has 1 amide bonds. The minimum absolute atomic E-state index is 0.206. The Kier molecular flexibility index (Phi) is 5.37. The Labute approximate surface area is 121 Å². The fourth-order valence-corrected chi connectivity index (χ4v) is 3.08. The molecule has 1 fully saturated rings. The van der Waals surface area contributed by atoms with Crippen LogP contribution in [0.2, 0.25) is 0 Å². The highest BCUT2D eigenvalue weighted by atomic mass is 79.9. The minimum atomic E-state index is -0.403. The molecular formula is C15H19BrFNO. The molecule has 0 spiro atoms. The third kappa shape index (κ3) is 4.03. The monoisotopic (exact) mass is 327 g/mol. The fourth-order valence-electron chi connectivity index (χ4n) is 2.64. The van der Waals surface area contributed by atoms with Gasteiger partial charge in [-0.05, 0) is 40.4 Å². The number of nitrogens with one attached hydrogen (secondary N) is 1. The Morgan fingerprint density at radius 2 is 2.05 bits per heavy atom. The highest BCUT2D eigenvalue weighted by molar-refractivity contribution is 9.10. The van der Waals surface area contributed by atoms with Crippen LogP contribution in [0, 0.1) is 11.7 Å². The van der Waals surface area contributed by atoms with Crippen molar-refractivity contribution in [3.8, 4) is 0 Å². The van der Waals surface area contributed by atoms with E-state index in [1.807, 2.05) is 0 Å². The number of carbonyl (C=O) groups is 1. The summed E-state index contributed by atoms with van der Waals surface area (Å²) in [6.07, 6.45) is 7.55. The predicted molar refractivity (Wildman–Crippen MR) is 77.6 cm³/mol. The van der Waals surface area contributed by atoms with Crippen LogP contribution in [0.25, 0.3) is 0 Å². The number of hydrogen-bond acceptors (Lipinski definition) is 1. The Balaban J connectivity index is 1.82. The molecule has 0 radical (unpaired) electrons. The number of halogens is 2. The van der Waals surface area contributed by atoms with E-state index >= 15 is 0 Å². The van der Waals surface area contributed by atoms with Crippen molar-refractivity contribution in [1.82, 2.24) is 5.32 Å². The van der Waals surface area contributed by atoms with E-state index < -0.39 is 5.82 Å². The summed E-state index contributed by atoms with van der Waals surface area (Å²) in [4.78, 5) is 12.0. The van der Waals surface area contributed by atoms with Crippen LogP contribution in [0.5, 0.6) is 0 Å². The molecule has 0 bridgehead atoms. The molecule has 0 aliphatic heterocycles. The van der Waals surface area contributed by atoms with Crippen LogP contribution >= 0.6 is 15.9 Å². The fraction of sp³-hybridized carbons (Fsp3) is 0.533. The largest absolute Gasteiger partial charge is 0.352 e. The van der Waals surface area contributed by atoms with Crippen LogP contribution in [-0.4, -0.2) is 12.5 Å². The third-order valence-electron chi connectivity index (χ3n) is 3.76. The molecule has 0 heterocycles. The molecule has 2 nitrogen and oxygen atoms in total. The highest BCUT2D eigenvalue weighted by Gasteiger charge is 2.15. The van der Waals surface area contributed by atoms with Gasteiger partial charge in [-0.3, -0.25) is 4.79 Å². The van der Waals surface area contributed by atoms with Crippen molar-refractivity contribution in [2.24, 2.45) is 5.92 Å². The first-order valence-electron chi connectivity index (χ1n) is 6.90. The van der Waals surface area contributed by atoms with E-state index in [0.717, 1.165) is 12.3 Å². The summed E-state index contributed by atoms with van der Waals surface area (Å²) in [7, 11) is 0. The summed E-state index contributed by atoms with van der Waals surface area (Å²) in [6.45, 7) is 0.673. The van der Waals surface area contributed by atoms with Crippen LogP contribution in [0.1, 0.15) is 48.9 Å². The van der Waals surface area contributed by atoms with E-state index in [9.17, 15) is 9.18 Å². The standard InChI is InChI=1S/C15H19BrFNO/c16-14-12(7-4-8-13(14)17)15(19)18-10-9-11-5-2-1-3-6-11/h4,7-8,11H,1-3,5-6,9-10H2,(H,18,19). The average Bonchev–Trinajstić information content (AvgIpc) is 2.43. The molecule has 1 aromatic rings. The molecule has 0 saturated heterocycles. The molecule has 1 aromatic carbocycles. The van der Waals surface area contributed by atoms with Crippen LogP contribution in [0.15, 0.2) is 22.7 Å². The van der Waals surface area contributed by atoms with Crippen molar-refractivity contribution in [2.75, 3.05) is 6.54 Å². The van der Waals surface area contributed by atoms with Gasteiger partial charge >= 0.3 is 0 Å². The molecule has 4 heteroatoms. The van der Waals surface area contributed by atoms with Crippen molar-refractivity contribution in [1.29, 1.82) is 0 Å². The molecule has 1 N–H and O–H groups in total. The van der Waals surface area contributed by atoms with Gasteiger partial charge in [0.2, 0.25) is 0 Å². The van der Waals surface area contributed by atoms with E-state index in [0.29, 0.717) is 12.1 Å². The van der Waals surface area contributed by atoms with Gasteiger partial charge in [-0.15, -0.1) is 0 Å². The molecule has 0 atom stereocenters. The molecule has 1 aliphatic rings. The molecular weight excluding hydrogens is 309 g/mol. The maximum absolute atomic E-state index is 13.3. The molecule has 0 aromatic heterocycles. The van der Waals surface area contributed by atoms with Crippen LogP contribution in [0.4, 0.5) is 4.39 Å². The number of carbonyl (C=O) groups excluding carboxylic acids is 1. The lowest BCUT2D eigenvalue weighted by Gasteiger charge is -2.21. The summed E-state index contributed by atoms with van der Waals surface area (Å²) in [5.41, 5.74) is 0.364. The predicted octanol–water partition coefficient (Wildman–Crippen LogP) is 4.29. The van der Waals surface area contributed by atoms with Crippen molar-refractivity contribution in [3.05, 3.63) is 34.1 Å². The second-order valence-corrected chi connectivity index (χ2v) is 5.94. The van der Waals surface area contributed by atoms with E-state index in [-0.39, 0.29) is 10.4 Å². The number of amides is 1. The summed E-state index contributed by atoms with van der Waals surface area (Å²) < 4.78 is 13.6. The van der Waals surface area contributed by atoms with Crippen molar-refractivity contribution < 1.29 is 9.18 Å². The lowest BCUT2D eigenvalue weighted by atomic mass is 9.87. The quantitative estimate of drug-likeness (QED) is 0.878. The maximum atomic E-state index is 13.3. The average molecular weight is 328 g/mol. The molecule has 19 heavy (non-hydrogen) atoms. The van der Waals surface area contributed by atoms with Gasteiger partial charge in [0.1, 0.15) is 5.82 Å². The minimum Gasteiger partial charge on any atom is -0.352 e. The summed E-state index contributed by atoms with van der Waals surface area (Å²) in [5.74, 6) is 0.132.